The molecule has 0 saturated heterocycles. The second kappa shape index (κ2) is 6.17. The monoisotopic (exact) mass is 341 g/mol. The summed E-state index contributed by atoms with van der Waals surface area (Å²) < 4.78 is 13.6. The minimum atomic E-state index is -0.599. The first-order valence-electron chi connectivity index (χ1n) is 5.52. The zero-order chi connectivity index (χ0) is 13.8. The largest absolute Gasteiger partial charge is 0.322 e. The summed E-state index contributed by atoms with van der Waals surface area (Å²) in [5.74, 6) is -1.12. The fraction of sp³-hybridized carbons (Fsp3) is 0.0714. The van der Waals surface area contributed by atoms with E-state index in [9.17, 15) is 9.18 Å². The highest BCUT2D eigenvalue weighted by atomic mass is 79.9. The summed E-state index contributed by atoms with van der Waals surface area (Å²) in [6.07, 6.45) is 0. The average molecular weight is 343 g/mol. The lowest BCUT2D eigenvalue weighted by atomic mass is 10.1. The number of para-hydroxylation sites is 1. The van der Waals surface area contributed by atoms with Gasteiger partial charge in [-0.2, -0.15) is 0 Å². The van der Waals surface area contributed by atoms with Crippen molar-refractivity contribution in [3.63, 3.8) is 0 Å². The number of hydrogen-bond donors (Lipinski definition) is 1. The quantitative estimate of drug-likeness (QED) is 0.810. The van der Waals surface area contributed by atoms with E-state index < -0.39 is 11.7 Å². The van der Waals surface area contributed by atoms with Gasteiger partial charge < -0.3 is 5.32 Å². The number of halogens is 3. The molecule has 0 unspecified atom stereocenters. The third-order valence-electron chi connectivity index (χ3n) is 2.58. The summed E-state index contributed by atoms with van der Waals surface area (Å²) in [5, 5.41) is 3.60. The van der Waals surface area contributed by atoms with Crippen molar-refractivity contribution in [3.05, 3.63) is 64.4 Å². The molecule has 0 aliphatic rings. The summed E-state index contributed by atoms with van der Waals surface area (Å²) in [4.78, 5) is 12.0. The molecule has 1 amide bonds. The SMILES string of the molecule is O=C(Nc1ccccc1CBr)c1cc(Cl)ccc1F. The van der Waals surface area contributed by atoms with Crippen molar-refractivity contribution >= 4 is 39.1 Å². The molecular formula is C14H10BrClFNO. The van der Waals surface area contributed by atoms with Gasteiger partial charge in [0.1, 0.15) is 5.82 Å². The lowest BCUT2D eigenvalue weighted by Crippen LogP contribution is -2.14. The van der Waals surface area contributed by atoms with Gasteiger partial charge >= 0.3 is 0 Å². The topological polar surface area (TPSA) is 29.1 Å². The Balaban J connectivity index is 2.28. The number of carbonyl (C=O) groups excluding carboxylic acids is 1. The van der Waals surface area contributed by atoms with Crippen LogP contribution in [0.5, 0.6) is 0 Å². The fourth-order valence-electron chi connectivity index (χ4n) is 1.62. The van der Waals surface area contributed by atoms with Gasteiger partial charge in [-0.25, -0.2) is 4.39 Å². The van der Waals surface area contributed by atoms with Crippen LogP contribution in [0, 0.1) is 5.82 Å². The summed E-state index contributed by atoms with van der Waals surface area (Å²) in [5.41, 5.74) is 1.49. The minimum Gasteiger partial charge on any atom is -0.322 e. The predicted octanol–water partition coefficient (Wildman–Crippen LogP) is 4.63. The van der Waals surface area contributed by atoms with Gasteiger partial charge in [-0.1, -0.05) is 45.7 Å². The van der Waals surface area contributed by atoms with Gasteiger partial charge in [-0.3, -0.25) is 4.79 Å². The Morgan fingerprint density at radius 2 is 2.00 bits per heavy atom. The van der Waals surface area contributed by atoms with E-state index in [1.54, 1.807) is 12.1 Å². The molecule has 1 N–H and O–H groups in total. The molecule has 0 radical (unpaired) electrons. The van der Waals surface area contributed by atoms with Crippen LogP contribution in [0.3, 0.4) is 0 Å². The number of hydrogen-bond acceptors (Lipinski definition) is 1. The van der Waals surface area contributed by atoms with Gasteiger partial charge in [0.05, 0.1) is 5.56 Å². The highest BCUT2D eigenvalue weighted by Gasteiger charge is 2.13. The molecule has 2 nitrogen and oxygen atoms in total. The van der Waals surface area contributed by atoms with E-state index >= 15 is 0 Å². The lowest BCUT2D eigenvalue weighted by Gasteiger charge is -2.09. The molecular weight excluding hydrogens is 333 g/mol. The van der Waals surface area contributed by atoms with Crippen molar-refractivity contribution in [2.24, 2.45) is 0 Å². The number of anilines is 1. The second-order valence-corrected chi connectivity index (χ2v) is 4.87. The molecule has 19 heavy (non-hydrogen) atoms. The molecule has 2 aromatic carbocycles. The van der Waals surface area contributed by atoms with E-state index in [-0.39, 0.29) is 5.56 Å². The molecule has 0 bridgehead atoms. The van der Waals surface area contributed by atoms with Crippen molar-refractivity contribution < 1.29 is 9.18 Å². The van der Waals surface area contributed by atoms with Crippen molar-refractivity contribution in [1.82, 2.24) is 0 Å². The van der Waals surface area contributed by atoms with E-state index in [4.69, 9.17) is 11.6 Å². The molecule has 5 heteroatoms. The Morgan fingerprint density at radius 3 is 2.74 bits per heavy atom. The molecule has 0 spiro atoms. The summed E-state index contributed by atoms with van der Waals surface area (Å²) in [7, 11) is 0. The summed E-state index contributed by atoms with van der Waals surface area (Å²) in [6.45, 7) is 0. The van der Waals surface area contributed by atoms with Crippen LogP contribution in [-0.2, 0) is 5.33 Å². The molecule has 98 valence electrons. The van der Waals surface area contributed by atoms with Crippen LogP contribution >= 0.6 is 27.5 Å². The molecule has 0 aliphatic heterocycles. The van der Waals surface area contributed by atoms with Crippen LogP contribution < -0.4 is 5.32 Å². The molecule has 0 saturated carbocycles. The Hall–Kier alpha value is -1.39. The van der Waals surface area contributed by atoms with Gasteiger partial charge in [0, 0.05) is 16.0 Å². The van der Waals surface area contributed by atoms with Crippen LogP contribution in [-0.4, -0.2) is 5.91 Å². The Kier molecular flexibility index (Phi) is 4.56. The highest BCUT2D eigenvalue weighted by Crippen LogP contribution is 2.20. The van der Waals surface area contributed by atoms with Crippen LogP contribution in [0.25, 0.3) is 0 Å². The van der Waals surface area contributed by atoms with Gasteiger partial charge in [0.15, 0.2) is 0 Å². The lowest BCUT2D eigenvalue weighted by molar-refractivity contribution is 0.102. The van der Waals surface area contributed by atoms with Crippen molar-refractivity contribution in [2.45, 2.75) is 5.33 Å². The van der Waals surface area contributed by atoms with E-state index in [0.717, 1.165) is 5.56 Å². The van der Waals surface area contributed by atoms with Crippen molar-refractivity contribution in [3.8, 4) is 0 Å². The summed E-state index contributed by atoms with van der Waals surface area (Å²) >= 11 is 9.10. The Labute approximate surface area is 123 Å². The molecule has 0 fully saturated rings. The fourth-order valence-corrected chi connectivity index (χ4v) is 2.28. The normalized spacial score (nSPS) is 10.3. The molecule has 0 heterocycles. The third-order valence-corrected chi connectivity index (χ3v) is 3.42. The number of alkyl halides is 1. The second-order valence-electron chi connectivity index (χ2n) is 3.87. The molecule has 0 atom stereocenters. The first kappa shape index (κ1) is 14.0. The number of benzene rings is 2. The van der Waals surface area contributed by atoms with Gasteiger partial charge in [0.2, 0.25) is 0 Å². The molecule has 2 aromatic rings. The van der Waals surface area contributed by atoms with Crippen molar-refractivity contribution in [2.75, 3.05) is 5.32 Å². The van der Waals surface area contributed by atoms with Gasteiger partial charge in [0.25, 0.3) is 5.91 Å². The summed E-state index contributed by atoms with van der Waals surface area (Å²) in [6, 6.07) is 11.2. The van der Waals surface area contributed by atoms with E-state index in [1.165, 1.54) is 18.2 Å². The van der Waals surface area contributed by atoms with Crippen LogP contribution in [0.4, 0.5) is 10.1 Å². The van der Waals surface area contributed by atoms with E-state index in [1.807, 2.05) is 12.1 Å². The Morgan fingerprint density at radius 1 is 1.26 bits per heavy atom. The third kappa shape index (κ3) is 3.33. The zero-order valence-corrected chi connectivity index (χ0v) is 12.1. The minimum absolute atomic E-state index is 0.0723. The van der Waals surface area contributed by atoms with Gasteiger partial charge in [-0.05, 0) is 29.8 Å². The first-order valence-corrected chi connectivity index (χ1v) is 7.02. The zero-order valence-electron chi connectivity index (χ0n) is 9.79. The molecule has 2 rings (SSSR count). The molecule has 0 aliphatic carbocycles. The van der Waals surface area contributed by atoms with Crippen molar-refractivity contribution in [1.29, 1.82) is 0 Å². The number of rotatable bonds is 3. The van der Waals surface area contributed by atoms with Crippen LogP contribution in [0.15, 0.2) is 42.5 Å². The highest BCUT2D eigenvalue weighted by molar-refractivity contribution is 9.08. The maximum atomic E-state index is 13.6. The van der Waals surface area contributed by atoms with Crippen LogP contribution in [0.1, 0.15) is 15.9 Å². The smallest absolute Gasteiger partial charge is 0.258 e. The Bertz CT molecular complexity index is 618. The van der Waals surface area contributed by atoms with Gasteiger partial charge in [-0.15, -0.1) is 0 Å². The van der Waals surface area contributed by atoms with Crippen LogP contribution in [0.2, 0.25) is 5.02 Å². The number of amides is 1. The van der Waals surface area contributed by atoms with E-state index in [0.29, 0.717) is 16.0 Å². The average Bonchev–Trinajstić information content (AvgIpc) is 2.42. The maximum absolute atomic E-state index is 13.6. The van der Waals surface area contributed by atoms with E-state index in [2.05, 4.69) is 21.2 Å². The maximum Gasteiger partial charge on any atom is 0.258 e. The standard InChI is InChI=1S/C14H10BrClFNO/c15-8-9-3-1-2-4-13(9)18-14(19)11-7-10(16)5-6-12(11)17/h1-7H,8H2,(H,18,19). The predicted molar refractivity (Wildman–Crippen MR) is 78.4 cm³/mol. The number of carbonyl (C=O) groups is 1. The molecule has 0 aromatic heterocycles. The first-order chi connectivity index (χ1) is 9.11. The number of nitrogens with one attached hydrogen (secondary N) is 1.